The Hall–Kier alpha value is -1.39. The summed E-state index contributed by atoms with van der Waals surface area (Å²) in [5.41, 5.74) is 2.18. The van der Waals surface area contributed by atoms with Gasteiger partial charge in [-0.05, 0) is 36.6 Å². The molecule has 0 bridgehead atoms. The molecule has 1 aromatic heterocycles. The first kappa shape index (κ1) is 12.6. The number of anilines is 1. The van der Waals surface area contributed by atoms with Crippen molar-refractivity contribution in [3.05, 3.63) is 41.5 Å². The maximum Gasteiger partial charge on any atom is 0.123 e. The van der Waals surface area contributed by atoms with E-state index in [1.165, 1.54) is 12.1 Å². The monoisotopic (exact) mass is 277 g/mol. The van der Waals surface area contributed by atoms with E-state index in [4.69, 9.17) is 4.74 Å². The van der Waals surface area contributed by atoms with Crippen LogP contribution in [0.3, 0.4) is 0 Å². The van der Waals surface area contributed by atoms with E-state index in [9.17, 15) is 4.39 Å². The van der Waals surface area contributed by atoms with E-state index in [0.717, 1.165) is 42.2 Å². The van der Waals surface area contributed by atoms with Gasteiger partial charge in [0.15, 0.2) is 0 Å². The van der Waals surface area contributed by atoms with Crippen molar-refractivity contribution < 1.29 is 9.13 Å². The average molecular weight is 277 g/mol. The quantitative estimate of drug-likeness (QED) is 0.910. The van der Waals surface area contributed by atoms with E-state index >= 15 is 0 Å². The van der Waals surface area contributed by atoms with Gasteiger partial charge in [-0.1, -0.05) is 12.1 Å². The summed E-state index contributed by atoms with van der Waals surface area (Å²) in [6.45, 7) is 1.66. The summed E-state index contributed by atoms with van der Waals surface area (Å²) in [7, 11) is 0. The van der Waals surface area contributed by atoms with E-state index in [2.05, 4.69) is 16.8 Å². The van der Waals surface area contributed by atoms with Gasteiger partial charge < -0.3 is 10.1 Å². The van der Waals surface area contributed by atoms with Crippen LogP contribution in [-0.2, 0) is 4.74 Å². The lowest BCUT2D eigenvalue weighted by Crippen LogP contribution is -2.29. The molecule has 3 rings (SSSR count). The molecule has 2 heterocycles. The summed E-state index contributed by atoms with van der Waals surface area (Å²) in [6.07, 6.45) is 2.27. The van der Waals surface area contributed by atoms with E-state index in [1.54, 1.807) is 11.3 Å². The van der Waals surface area contributed by atoms with Gasteiger partial charge in [-0.3, -0.25) is 0 Å². The van der Waals surface area contributed by atoms with Crippen molar-refractivity contribution in [1.29, 1.82) is 0 Å². The number of hydrogen-bond acceptors (Lipinski definition) is 3. The Morgan fingerprint density at radius 1 is 1.26 bits per heavy atom. The average Bonchev–Trinajstić information content (AvgIpc) is 2.89. The molecule has 1 N–H and O–H groups in total. The van der Waals surface area contributed by atoms with Gasteiger partial charge in [-0.25, -0.2) is 4.39 Å². The number of halogens is 1. The van der Waals surface area contributed by atoms with Crippen LogP contribution in [0, 0.1) is 5.82 Å². The highest BCUT2D eigenvalue weighted by Gasteiger charge is 2.14. The van der Waals surface area contributed by atoms with Crippen LogP contribution < -0.4 is 5.32 Å². The Balaban J connectivity index is 1.70. The van der Waals surface area contributed by atoms with Gasteiger partial charge in [-0.15, -0.1) is 11.3 Å². The van der Waals surface area contributed by atoms with Crippen molar-refractivity contribution in [2.75, 3.05) is 18.5 Å². The summed E-state index contributed by atoms with van der Waals surface area (Å²) in [5.74, 6) is -0.196. The molecule has 1 aromatic carbocycles. The number of hydrogen-bond donors (Lipinski definition) is 1. The second kappa shape index (κ2) is 5.72. The predicted octanol–water partition coefficient (Wildman–Crippen LogP) is 4.15. The lowest BCUT2D eigenvalue weighted by atomic mass is 10.1. The highest BCUT2D eigenvalue weighted by Crippen LogP contribution is 2.30. The molecule has 1 aliphatic rings. The number of nitrogens with one attached hydrogen (secondary N) is 1. The molecule has 2 aromatic rings. The van der Waals surface area contributed by atoms with E-state index in [0.29, 0.717) is 6.04 Å². The van der Waals surface area contributed by atoms with Gasteiger partial charge in [0.1, 0.15) is 5.82 Å². The Bertz CT molecular complexity index is 531. The van der Waals surface area contributed by atoms with Crippen LogP contribution in [0.2, 0.25) is 0 Å². The first-order valence-electron chi connectivity index (χ1n) is 6.50. The molecule has 0 radical (unpaired) electrons. The molecule has 100 valence electrons. The Kier molecular flexibility index (Phi) is 3.80. The Morgan fingerprint density at radius 3 is 2.84 bits per heavy atom. The molecule has 1 unspecified atom stereocenters. The molecule has 1 atom stereocenters. The second-order valence-corrected chi connectivity index (χ2v) is 5.68. The van der Waals surface area contributed by atoms with Crippen LogP contribution in [0.5, 0.6) is 0 Å². The SMILES string of the molecule is Fc1ccc(-c2cc(NC3CCCOC3)cs2)cc1. The fraction of sp³-hybridized carbons (Fsp3) is 0.333. The number of ether oxygens (including phenoxy) is 1. The number of rotatable bonds is 3. The van der Waals surface area contributed by atoms with Crippen LogP contribution in [0.15, 0.2) is 35.7 Å². The van der Waals surface area contributed by atoms with Gasteiger partial charge in [0.2, 0.25) is 0 Å². The van der Waals surface area contributed by atoms with Crippen LogP contribution in [0.4, 0.5) is 10.1 Å². The molecule has 0 saturated carbocycles. The number of thiophene rings is 1. The highest BCUT2D eigenvalue weighted by molar-refractivity contribution is 7.14. The van der Waals surface area contributed by atoms with Gasteiger partial charge in [0.05, 0.1) is 6.61 Å². The maximum atomic E-state index is 12.9. The van der Waals surface area contributed by atoms with E-state index in [1.807, 2.05) is 12.1 Å². The summed E-state index contributed by atoms with van der Waals surface area (Å²) >= 11 is 1.67. The Labute approximate surface area is 116 Å². The maximum absolute atomic E-state index is 12.9. The standard InChI is InChI=1S/C15H16FNOS/c16-12-5-3-11(4-6-12)15-8-14(10-19-15)17-13-2-1-7-18-9-13/h3-6,8,10,13,17H,1-2,7,9H2. The van der Waals surface area contributed by atoms with Crippen molar-refractivity contribution in [1.82, 2.24) is 0 Å². The molecule has 2 nitrogen and oxygen atoms in total. The molecular weight excluding hydrogens is 261 g/mol. The third-order valence-electron chi connectivity index (χ3n) is 3.26. The van der Waals surface area contributed by atoms with E-state index in [-0.39, 0.29) is 5.82 Å². The largest absolute Gasteiger partial charge is 0.379 e. The first-order valence-corrected chi connectivity index (χ1v) is 7.38. The summed E-state index contributed by atoms with van der Waals surface area (Å²) < 4.78 is 18.4. The lowest BCUT2D eigenvalue weighted by Gasteiger charge is -2.23. The molecule has 1 saturated heterocycles. The minimum Gasteiger partial charge on any atom is -0.379 e. The smallest absolute Gasteiger partial charge is 0.123 e. The molecule has 1 aliphatic heterocycles. The van der Waals surface area contributed by atoms with E-state index < -0.39 is 0 Å². The van der Waals surface area contributed by atoms with Crippen molar-refractivity contribution in [3.8, 4) is 10.4 Å². The zero-order valence-electron chi connectivity index (χ0n) is 10.6. The zero-order chi connectivity index (χ0) is 13.1. The topological polar surface area (TPSA) is 21.3 Å². The number of benzene rings is 1. The van der Waals surface area contributed by atoms with Crippen LogP contribution in [0.25, 0.3) is 10.4 Å². The van der Waals surface area contributed by atoms with Crippen molar-refractivity contribution in [3.63, 3.8) is 0 Å². The van der Waals surface area contributed by atoms with Crippen LogP contribution in [0.1, 0.15) is 12.8 Å². The summed E-state index contributed by atoms with van der Waals surface area (Å²) in [6, 6.07) is 9.15. The normalized spacial score (nSPS) is 19.3. The molecule has 0 amide bonds. The van der Waals surface area contributed by atoms with Gasteiger partial charge in [0.25, 0.3) is 0 Å². The molecule has 4 heteroatoms. The van der Waals surface area contributed by atoms with Crippen molar-refractivity contribution >= 4 is 17.0 Å². The third-order valence-corrected chi connectivity index (χ3v) is 4.24. The molecule has 1 fully saturated rings. The fourth-order valence-corrected chi connectivity index (χ4v) is 3.12. The minimum atomic E-state index is -0.196. The fourth-order valence-electron chi connectivity index (χ4n) is 2.27. The molecular formula is C15H16FNOS. The third kappa shape index (κ3) is 3.14. The van der Waals surface area contributed by atoms with Gasteiger partial charge in [0, 0.05) is 28.6 Å². The van der Waals surface area contributed by atoms with Crippen LogP contribution in [-0.4, -0.2) is 19.3 Å². The summed E-state index contributed by atoms with van der Waals surface area (Å²) in [4.78, 5) is 1.15. The molecule has 0 aliphatic carbocycles. The van der Waals surface area contributed by atoms with Crippen molar-refractivity contribution in [2.45, 2.75) is 18.9 Å². The van der Waals surface area contributed by atoms with Gasteiger partial charge in [-0.2, -0.15) is 0 Å². The highest BCUT2D eigenvalue weighted by atomic mass is 32.1. The molecule has 19 heavy (non-hydrogen) atoms. The molecule has 0 spiro atoms. The first-order chi connectivity index (χ1) is 9.31. The minimum absolute atomic E-state index is 0.196. The second-order valence-electron chi connectivity index (χ2n) is 4.76. The van der Waals surface area contributed by atoms with Gasteiger partial charge >= 0.3 is 0 Å². The van der Waals surface area contributed by atoms with Crippen LogP contribution >= 0.6 is 11.3 Å². The predicted molar refractivity (Wildman–Crippen MR) is 77.2 cm³/mol. The Morgan fingerprint density at radius 2 is 2.11 bits per heavy atom. The lowest BCUT2D eigenvalue weighted by molar-refractivity contribution is 0.0876. The van der Waals surface area contributed by atoms with Crippen molar-refractivity contribution in [2.24, 2.45) is 0 Å². The summed E-state index contributed by atoms with van der Waals surface area (Å²) in [5, 5.41) is 5.60. The zero-order valence-corrected chi connectivity index (χ0v) is 11.4.